The number of benzene rings is 2. The van der Waals surface area contributed by atoms with Gasteiger partial charge in [0.05, 0.1) is 12.8 Å². The van der Waals surface area contributed by atoms with E-state index in [0.717, 1.165) is 16.9 Å². The minimum Gasteiger partial charge on any atom is -0.497 e. The highest BCUT2D eigenvalue weighted by Crippen LogP contribution is 2.38. The number of carbonyl (C=O) groups excluding carboxylic acids is 3. The number of rotatable bonds is 8. The smallest absolute Gasteiger partial charge is 0.321 e. The van der Waals surface area contributed by atoms with E-state index in [-0.39, 0.29) is 16.9 Å². The number of ether oxygens (including phenoxy) is 1. The van der Waals surface area contributed by atoms with E-state index in [1.807, 2.05) is 23.6 Å². The van der Waals surface area contributed by atoms with Gasteiger partial charge < -0.3 is 21.1 Å². The maximum Gasteiger partial charge on any atom is 0.321 e. The highest BCUT2D eigenvalue weighted by molar-refractivity contribution is 7.23. The molecule has 14 heteroatoms. The van der Waals surface area contributed by atoms with E-state index >= 15 is 0 Å². The highest BCUT2D eigenvalue weighted by atomic mass is 32.1. The minimum absolute atomic E-state index is 0.189. The van der Waals surface area contributed by atoms with Crippen molar-refractivity contribution >= 4 is 57.2 Å². The van der Waals surface area contributed by atoms with Gasteiger partial charge in [-0.25, -0.2) is 20.2 Å². The fourth-order valence-electron chi connectivity index (χ4n) is 3.11. The number of aromatic nitrogens is 2. The van der Waals surface area contributed by atoms with Gasteiger partial charge in [0, 0.05) is 22.2 Å². The average molecular weight is 540 g/mol. The number of hydroxylamine groups is 1. The summed E-state index contributed by atoms with van der Waals surface area (Å²) in [5.41, 5.74) is 9.98. The van der Waals surface area contributed by atoms with Crippen molar-refractivity contribution in [1.29, 1.82) is 0 Å². The summed E-state index contributed by atoms with van der Waals surface area (Å²) in [5, 5.41) is 18.8. The number of amides is 4. The van der Waals surface area contributed by atoms with Crippen LogP contribution in [0.1, 0.15) is 10.4 Å². The normalized spacial score (nSPS) is 10.4. The van der Waals surface area contributed by atoms with Crippen molar-refractivity contribution in [2.24, 2.45) is 0 Å². The third-order valence-electron chi connectivity index (χ3n) is 4.85. The van der Waals surface area contributed by atoms with Crippen LogP contribution >= 0.6 is 22.7 Å². The Morgan fingerprint density at radius 2 is 1.89 bits per heavy atom. The fourth-order valence-corrected chi connectivity index (χ4v) is 4.92. The predicted molar refractivity (Wildman–Crippen MR) is 141 cm³/mol. The molecule has 37 heavy (non-hydrogen) atoms. The number of anilines is 3. The molecule has 2 aromatic heterocycles. The highest BCUT2D eigenvalue weighted by Gasteiger charge is 2.17. The molecule has 0 bridgehead atoms. The van der Waals surface area contributed by atoms with Crippen LogP contribution in [0, 0.1) is 0 Å². The molecule has 2 aromatic carbocycles. The second-order valence-corrected chi connectivity index (χ2v) is 9.24. The first-order valence-corrected chi connectivity index (χ1v) is 12.3. The maximum absolute atomic E-state index is 12.7. The van der Waals surface area contributed by atoms with Crippen molar-refractivity contribution in [2.45, 2.75) is 0 Å². The first kappa shape index (κ1) is 25.6. The van der Waals surface area contributed by atoms with Gasteiger partial charge >= 0.3 is 6.03 Å². The second kappa shape index (κ2) is 11.5. The molecule has 0 fully saturated rings. The van der Waals surface area contributed by atoms with E-state index in [9.17, 15) is 14.4 Å². The predicted octanol–water partition coefficient (Wildman–Crippen LogP) is 3.40. The molecule has 0 aliphatic heterocycles. The SMILES string of the molecule is COc1cccc(C(=O)Nc2cccc(-c3csc(-c4sc(NC(=O)NCC(=O)NO)nc4N)n3)c2)c1. The number of hydrogen-bond acceptors (Lipinski definition) is 10. The van der Waals surface area contributed by atoms with E-state index < -0.39 is 18.5 Å². The quantitative estimate of drug-likeness (QED) is 0.145. The molecule has 0 radical (unpaired) electrons. The summed E-state index contributed by atoms with van der Waals surface area (Å²) in [5.74, 6) is -0.261. The zero-order valence-electron chi connectivity index (χ0n) is 19.3. The summed E-state index contributed by atoms with van der Waals surface area (Å²) < 4.78 is 5.18. The first-order chi connectivity index (χ1) is 17.9. The summed E-state index contributed by atoms with van der Waals surface area (Å²) in [4.78, 5) is 44.9. The standard InChI is InChI=1S/C23H21N7O5S2/c1-35-15-7-3-5-13(9-15)20(32)26-14-6-2-4-12(8-14)16-11-36-21(27-16)18-19(24)28-23(37-18)29-22(33)25-10-17(31)30-34/h2-9,11,34H,10,24H2,1H3,(H,26,32)(H,30,31)(H2,25,28,29,33). The van der Waals surface area contributed by atoms with Crippen LogP contribution in [-0.2, 0) is 4.79 Å². The fraction of sp³-hybridized carbons (Fsp3) is 0.0870. The van der Waals surface area contributed by atoms with Gasteiger partial charge in [0.1, 0.15) is 28.0 Å². The number of hydrogen-bond donors (Lipinski definition) is 6. The largest absolute Gasteiger partial charge is 0.497 e. The van der Waals surface area contributed by atoms with Crippen LogP contribution in [0.5, 0.6) is 5.75 Å². The zero-order chi connectivity index (χ0) is 26.4. The van der Waals surface area contributed by atoms with Crippen LogP contribution in [0.3, 0.4) is 0 Å². The molecule has 0 saturated carbocycles. The molecule has 4 aromatic rings. The van der Waals surface area contributed by atoms with Gasteiger partial charge in [-0.3, -0.25) is 20.1 Å². The summed E-state index contributed by atoms with van der Waals surface area (Å²) >= 11 is 2.48. The van der Waals surface area contributed by atoms with Crippen molar-refractivity contribution in [1.82, 2.24) is 20.8 Å². The Kier molecular flexibility index (Phi) is 7.92. The van der Waals surface area contributed by atoms with E-state index in [4.69, 9.17) is 15.7 Å². The average Bonchev–Trinajstić information content (AvgIpc) is 3.54. The Morgan fingerprint density at radius 1 is 1.08 bits per heavy atom. The van der Waals surface area contributed by atoms with Crippen LogP contribution in [0.2, 0.25) is 0 Å². The lowest BCUT2D eigenvalue weighted by Gasteiger charge is -2.08. The van der Waals surface area contributed by atoms with Gasteiger partial charge in [-0.1, -0.05) is 29.5 Å². The van der Waals surface area contributed by atoms with Gasteiger partial charge in [0.25, 0.3) is 11.8 Å². The van der Waals surface area contributed by atoms with Crippen LogP contribution in [0.4, 0.5) is 21.4 Å². The minimum atomic E-state index is -0.770. The lowest BCUT2D eigenvalue weighted by atomic mass is 10.1. The first-order valence-electron chi connectivity index (χ1n) is 10.6. The Hall–Kier alpha value is -4.53. The topological polar surface area (TPSA) is 181 Å². The number of urea groups is 1. The van der Waals surface area contributed by atoms with Crippen molar-refractivity contribution in [3.63, 3.8) is 0 Å². The summed E-state index contributed by atoms with van der Waals surface area (Å²) in [6.45, 7) is -0.412. The molecule has 0 aliphatic carbocycles. The zero-order valence-corrected chi connectivity index (χ0v) is 20.9. The molecule has 0 saturated heterocycles. The van der Waals surface area contributed by atoms with Crippen LogP contribution in [0.25, 0.3) is 21.1 Å². The number of nitrogens with two attached hydrogens (primary N) is 1. The van der Waals surface area contributed by atoms with E-state index in [1.165, 1.54) is 16.8 Å². The molecular weight excluding hydrogens is 518 g/mol. The molecular formula is C23H21N7O5S2. The number of thiazole rings is 2. The number of nitrogens with one attached hydrogen (secondary N) is 4. The van der Waals surface area contributed by atoms with Gasteiger partial charge in [-0.05, 0) is 30.3 Å². The molecule has 0 unspecified atom stereocenters. The van der Waals surface area contributed by atoms with Crippen molar-refractivity contribution in [2.75, 3.05) is 30.0 Å². The Balaban J connectivity index is 1.46. The third kappa shape index (κ3) is 6.38. The number of nitrogen functional groups attached to an aromatic ring is 1. The Morgan fingerprint density at radius 3 is 2.68 bits per heavy atom. The molecule has 0 spiro atoms. The third-order valence-corrected chi connectivity index (χ3v) is 6.84. The summed E-state index contributed by atoms with van der Waals surface area (Å²) in [6.07, 6.45) is 0. The molecule has 7 N–H and O–H groups in total. The van der Waals surface area contributed by atoms with Crippen molar-refractivity contribution in [3.8, 4) is 26.9 Å². The molecule has 0 aliphatic rings. The maximum atomic E-state index is 12.7. The summed E-state index contributed by atoms with van der Waals surface area (Å²) in [6, 6.07) is 13.5. The van der Waals surface area contributed by atoms with Crippen LogP contribution < -0.4 is 31.9 Å². The van der Waals surface area contributed by atoms with Gasteiger partial charge in [-0.15, -0.1) is 11.3 Å². The number of methoxy groups -OCH3 is 1. The lowest BCUT2D eigenvalue weighted by molar-refractivity contribution is -0.128. The van der Waals surface area contributed by atoms with Gasteiger partial charge in [-0.2, -0.15) is 0 Å². The second-order valence-electron chi connectivity index (χ2n) is 7.38. The van der Waals surface area contributed by atoms with E-state index in [2.05, 4.69) is 25.9 Å². The van der Waals surface area contributed by atoms with Gasteiger partial charge in [0.15, 0.2) is 5.13 Å². The molecule has 0 atom stereocenters. The molecule has 12 nitrogen and oxygen atoms in total. The van der Waals surface area contributed by atoms with E-state index in [0.29, 0.717) is 32.6 Å². The van der Waals surface area contributed by atoms with Crippen molar-refractivity contribution < 1.29 is 24.3 Å². The summed E-state index contributed by atoms with van der Waals surface area (Å²) in [7, 11) is 1.54. The van der Waals surface area contributed by atoms with E-state index in [1.54, 1.807) is 37.4 Å². The van der Waals surface area contributed by atoms with Crippen molar-refractivity contribution in [3.05, 3.63) is 59.5 Å². The molecule has 4 amide bonds. The molecule has 190 valence electrons. The Bertz CT molecular complexity index is 1450. The number of carbonyl (C=O) groups is 3. The van der Waals surface area contributed by atoms with Gasteiger partial charge in [0.2, 0.25) is 0 Å². The molecule has 2 heterocycles. The molecule has 4 rings (SSSR count). The lowest BCUT2D eigenvalue weighted by Crippen LogP contribution is -2.37. The monoisotopic (exact) mass is 539 g/mol. The Labute approximate surface area is 218 Å². The number of nitrogens with zero attached hydrogens (tertiary/aromatic N) is 2. The van der Waals surface area contributed by atoms with Crippen LogP contribution in [-0.4, -0.2) is 46.7 Å². The van der Waals surface area contributed by atoms with Crippen LogP contribution in [0.15, 0.2) is 53.9 Å².